The molecular formula is C15H16O3. The molecule has 94 valence electrons. The van der Waals surface area contributed by atoms with Crippen molar-refractivity contribution in [1.29, 1.82) is 0 Å². The molecule has 3 heteroatoms. The molecule has 0 saturated carbocycles. The number of phenols is 1. The summed E-state index contributed by atoms with van der Waals surface area (Å²) in [5.74, 6) is -0.0262. The summed E-state index contributed by atoms with van der Waals surface area (Å²) < 4.78 is 5.08. The first-order valence-corrected chi connectivity index (χ1v) is 6.08. The average molecular weight is 244 g/mol. The number of ether oxygens (including phenoxy) is 1. The monoisotopic (exact) mass is 244 g/mol. The maximum absolute atomic E-state index is 11.9. The lowest BCUT2D eigenvalue weighted by Gasteiger charge is -2.15. The summed E-state index contributed by atoms with van der Waals surface area (Å²) in [6, 6.07) is 6.85. The van der Waals surface area contributed by atoms with Gasteiger partial charge in [-0.2, -0.15) is 0 Å². The number of allylic oxidation sites excluding steroid dienone is 3. The minimum Gasteiger partial charge on any atom is -0.508 e. The quantitative estimate of drug-likeness (QED) is 0.831. The van der Waals surface area contributed by atoms with Gasteiger partial charge in [-0.25, -0.2) is 4.79 Å². The van der Waals surface area contributed by atoms with Crippen molar-refractivity contribution < 1.29 is 14.6 Å². The second-order valence-electron chi connectivity index (χ2n) is 4.10. The Hall–Kier alpha value is -2.03. The van der Waals surface area contributed by atoms with Gasteiger partial charge in [-0.1, -0.05) is 24.3 Å². The first-order chi connectivity index (χ1) is 8.72. The smallest absolute Gasteiger partial charge is 0.334 e. The van der Waals surface area contributed by atoms with Crippen LogP contribution < -0.4 is 0 Å². The molecule has 3 nitrogen and oxygen atoms in total. The number of rotatable bonds is 3. The summed E-state index contributed by atoms with van der Waals surface area (Å²) in [6.45, 7) is 2.19. The van der Waals surface area contributed by atoms with Crippen LogP contribution in [0.3, 0.4) is 0 Å². The number of phenolic OH excluding ortho intramolecular Hbond substituents is 1. The molecule has 0 aromatic heterocycles. The Morgan fingerprint density at radius 1 is 1.33 bits per heavy atom. The van der Waals surface area contributed by atoms with Crippen LogP contribution >= 0.6 is 0 Å². The van der Waals surface area contributed by atoms with Gasteiger partial charge in [-0.3, -0.25) is 0 Å². The highest BCUT2D eigenvalue weighted by atomic mass is 16.5. The van der Waals surface area contributed by atoms with Gasteiger partial charge in [0, 0.05) is 5.57 Å². The van der Waals surface area contributed by atoms with E-state index in [9.17, 15) is 9.90 Å². The number of carbonyl (C=O) groups excluding carboxylic acids is 1. The molecule has 2 rings (SSSR count). The Morgan fingerprint density at radius 2 is 2.06 bits per heavy atom. The summed E-state index contributed by atoms with van der Waals surface area (Å²) in [5, 5.41) is 9.29. The molecule has 1 aliphatic rings. The van der Waals surface area contributed by atoms with Crippen molar-refractivity contribution in [3.63, 3.8) is 0 Å². The Balaban J connectivity index is 2.39. The number of benzene rings is 1. The predicted octanol–water partition coefficient (Wildman–Crippen LogP) is 3.06. The van der Waals surface area contributed by atoms with E-state index in [-0.39, 0.29) is 11.7 Å². The maximum atomic E-state index is 11.9. The normalized spacial score (nSPS) is 14.7. The van der Waals surface area contributed by atoms with E-state index in [1.165, 1.54) is 0 Å². The van der Waals surface area contributed by atoms with E-state index >= 15 is 0 Å². The van der Waals surface area contributed by atoms with Crippen LogP contribution in [0.15, 0.2) is 42.0 Å². The summed E-state index contributed by atoms with van der Waals surface area (Å²) in [5.41, 5.74) is 2.52. The van der Waals surface area contributed by atoms with Crippen molar-refractivity contribution in [2.75, 3.05) is 6.61 Å². The fourth-order valence-corrected chi connectivity index (χ4v) is 2.01. The molecule has 18 heavy (non-hydrogen) atoms. The third kappa shape index (κ3) is 2.62. The first-order valence-electron chi connectivity index (χ1n) is 6.08. The lowest BCUT2D eigenvalue weighted by molar-refractivity contribution is -0.138. The van der Waals surface area contributed by atoms with Gasteiger partial charge >= 0.3 is 5.97 Å². The Labute approximate surface area is 106 Å². The highest BCUT2D eigenvalue weighted by molar-refractivity contribution is 6.00. The molecule has 0 bridgehead atoms. The van der Waals surface area contributed by atoms with Crippen molar-refractivity contribution in [2.24, 2.45) is 0 Å². The number of hydrogen-bond donors (Lipinski definition) is 1. The van der Waals surface area contributed by atoms with Gasteiger partial charge in [0.05, 0.1) is 6.61 Å². The van der Waals surface area contributed by atoms with E-state index < -0.39 is 0 Å². The lowest BCUT2D eigenvalue weighted by Crippen LogP contribution is -2.11. The van der Waals surface area contributed by atoms with Crippen LogP contribution in [0.5, 0.6) is 5.75 Å². The van der Waals surface area contributed by atoms with Crippen LogP contribution in [0.4, 0.5) is 0 Å². The van der Waals surface area contributed by atoms with Gasteiger partial charge in [-0.05, 0) is 43.0 Å². The van der Waals surface area contributed by atoms with Gasteiger partial charge in [-0.15, -0.1) is 0 Å². The highest BCUT2D eigenvalue weighted by Crippen LogP contribution is 2.29. The van der Waals surface area contributed by atoms with Crippen LogP contribution in [0.25, 0.3) is 5.57 Å². The van der Waals surface area contributed by atoms with E-state index in [4.69, 9.17) is 4.74 Å². The van der Waals surface area contributed by atoms with Crippen LogP contribution in [0.2, 0.25) is 0 Å². The molecule has 0 spiro atoms. The molecule has 1 N–H and O–H groups in total. The molecule has 0 fully saturated rings. The van der Waals surface area contributed by atoms with E-state index in [2.05, 4.69) is 0 Å². The van der Waals surface area contributed by atoms with E-state index in [1.807, 2.05) is 12.2 Å². The molecule has 1 aromatic carbocycles. The fourth-order valence-electron chi connectivity index (χ4n) is 2.01. The van der Waals surface area contributed by atoms with E-state index in [1.54, 1.807) is 31.2 Å². The number of carbonyl (C=O) groups is 1. The zero-order valence-electron chi connectivity index (χ0n) is 10.3. The van der Waals surface area contributed by atoms with Crippen LogP contribution in [-0.4, -0.2) is 17.7 Å². The SMILES string of the molecule is CCOC(=O)C1=C(c2ccc(O)cc2)C=CCC1. The molecule has 0 atom stereocenters. The predicted molar refractivity (Wildman–Crippen MR) is 70.0 cm³/mol. The Morgan fingerprint density at radius 3 is 2.72 bits per heavy atom. The highest BCUT2D eigenvalue weighted by Gasteiger charge is 2.18. The number of aromatic hydroxyl groups is 1. The van der Waals surface area contributed by atoms with Crippen molar-refractivity contribution in [2.45, 2.75) is 19.8 Å². The summed E-state index contributed by atoms with van der Waals surface area (Å²) >= 11 is 0. The van der Waals surface area contributed by atoms with Gasteiger partial charge < -0.3 is 9.84 Å². The number of esters is 1. The van der Waals surface area contributed by atoms with Gasteiger partial charge in [0.2, 0.25) is 0 Å². The topological polar surface area (TPSA) is 46.5 Å². The van der Waals surface area contributed by atoms with Gasteiger partial charge in [0.25, 0.3) is 0 Å². The van der Waals surface area contributed by atoms with Crippen molar-refractivity contribution in [1.82, 2.24) is 0 Å². The minimum absolute atomic E-state index is 0.219. The lowest BCUT2D eigenvalue weighted by atomic mass is 9.92. The van der Waals surface area contributed by atoms with Crippen LogP contribution in [-0.2, 0) is 9.53 Å². The molecule has 0 aliphatic heterocycles. The van der Waals surface area contributed by atoms with Crippen molar-refractivity contribution in [3.05, 3.63) is 47.6 Å². The third-order valence-corrected chi connectivity index (χ3v) is 2.87. The van der Waals surface area contributed by atoms with Crippen LogP contribution in [0.1, 0.15) is 25.3 Å². The standard InChI is InChI=1S/C15H16O3/c1-2-18-15(17)14-6-4-3-5-13(14)11-7-9-12(16)10-8-11/h3,5,7-10,16H,2,4,6H2,1H3. The fraction of sp³-hybridized carbons (Fsp3) is 0.267. The average Bonchev–Trinajstić information content (AvgIpc) is 2.40. The van der Waals surface area contributed by atoms with Gasteiger partial charge in [0.1, 0.15) is 5.75 Å². The van der Waals surface area contributed by atoms with E-state index in [0.717, 1.165) is 17.6 Å². The Bertz CT molecular complexity index is 495. The number of hydrogen-bond acceptors (Lipinski definition) is 3. The molecule has 1 aliphatic carbocycles. The minimum atomic E-state index is -0.245. The summed E-state index contributed by atoms with van der Waals surface area (Å²) in [6.07, 6.45) is 5.55. The Kier molecular flexibility index (Phi) is 3.82. The molecule has 0 amide bonds. The molecule has 0 radical (unpaired) electrons. The zero-order valence-corrected chi connectivity index (χ0v) is 10.3. The van der Waals surface area contributed by atoms with Crippen LogP contribution in [0, 0.1) is 0 Å². The first kappa shape index (κ1) is 12.4. The second kappa shape index (κ2) is 5.54. The van der Waals surface area contributed by atoms with Crippen molar-refractivity contribution >= 4 is 11.5 Å². The zero-order chi connectivity index (χ0) is 13.0. The maximum Gasteiger partial charge on any atom is 0.334 e. The summed E-state index contributed by atoms with van der Waals surface area (Å²) in [4.78, 5) is 11.9. The largest absolute Gasteiger partial charge is 0.508 e. The molecular weight excluding hydrogens is 228 g/mol. The molecule has 1 aromatic rings. The van der Waals surface area contributed by atoms with E-state index in [0.29, 0.717) is 18.6 Å². The second-order valence-corrected chi connectivity index (χ2v) is 4.10. The molecule has 0 unspecified atom stereocenters. The van der Waals surface area contributed by atoms with Gasteiger partial charge in [0.15, 0.2) is 0 Å². The molecule has 0 heterocycles. The van der Waals surface area contributed by atoms with Crippen molar-refractivity contribution in [3.8, 4) is 5.75 Å². The third-order valence-electron chi connectivity index (χ3n) is 2.87. The summed E-state index contributed by atoms with van der Waals surface area (Å²) in [7, 11) is 0. The molecule has 0 saturated heterocycles.